The number of aromatic amines is 1. The summed E-state index contributed by atoms with van der Waals surface area (Å²) in [6, 6.07) is 14.3. The number of H-pyrrole nitrogens is 1. The first kappa shape index (κ1) is 22.1. The summed E-state index contributed by atoms with van der Waals surface area (Å²) in [5.74, 6) is 0. The summed E-state index contributed by atoms with van der Waals surface area (Å²) in [6.45, 7) is 4.21. The zero-order chi connectivity index (χ0) is 24.0. The zero-order valence-corrected chi connectivity index (χ0v) is 20.0. The van der Waals surface area contributed by atoms with E-state index in [4.69, 9.17) is 23.1 Å². The van der Waals surface area contributed by atoms with Crippen LogP contribution in [0.1, 0.15) is 55.5 Å². The van der Waals surface area contributed by atoms with Crippen molar-refractivity contribution >= 4 is 17.7 Å². The molecule has 0 unspecified atom stereocenters. The first-order chi connectivity index (χ1) is 16.3. The normalized spacial score (nSPS) is 20.2. The van der Waals surface area contributed by atoms with Gasteiger partial charge in [-0.1, -0.05) is 30.4 Å². The molecule has 0 aliphatic heterocycles. The van der Waals surface area contributed by atoms with Gasteiger partial charge in [-0.2, -0.15) is 15.6 Å². The van der Waals surface area contributed by atoms with Crippen molar-refractivity contribution in [3.05, 3.63) is 64.2 Å². The highest BCUT2D eigenvalue weighted by Gasteiger charge is 2.29. The van der Waals surface area contributed by atoms with Crippen molar-refractivity contribution in [2.24, 2.45) is 5.73 Å². The molecule has 3 heterocycles. The Morgan fingerprint density at radius 1 is 1.15 bits per heavy atom. The van der Waals surface area contributed by atoms with Gasteiger partial charge < -0.3 is 5.73 Å². The molecule has 1 aliphatic rings. The van der Waals surface area contributed by atoms with Gasteiger partial charge in [0.25, 0.3) is 0 Å². The van der Waals surface area contributed by atoms with Crippen LogP contribution in [0.5, 0.6) is 0 Å². The van der Waals surface area contributed by atoms with E-state index in [-0.39, 0.29) is 5.54 Å². The number of pyridine rings is 1. The highest BCUT2D eigenvalue weighted by molar-refractivity contribution is 7.71. The lowest BCUT2D eigenvalue weighted by Crippen LogP contribution is -2.40. The van der Waals surface area contributed by atoms with Gasteiger partial charge in [-0.25, -0.2) is 0 Å². The van der Waals surface area contributed by atoms with Gasteiger partial charge >= 0.3 is 0 Å². The predicted octanol–water partition coefficient (Wildman–Crippen LogP) is 5.41. The fraction of sp³-hybridized carbons (Fsp3) is 0.308. The molecule has 34 heavy (non-hydrogen) atoms. The molecule has 7 nitrogen and oxygen atoms in total. The number of hydrogen-bond donors (Lipinski definition) is 2. The van der Waals surface area contributed by atoms with Crippen molar-refractivity contribution in [3.8, 4) is 34.4 Å². The molecule has 3 N–H and O–H groups in total. The molecule has 3 aromatic heterocycles. The first-order valence-electron chi connectivity index (χ1n) is 11.3. The van der Waals surface area contributed by atoms with Crippen LogP contribution in [-0.2, 0) is 0 Å². The van der Waals surface area contributed by atoms with Gasteiger partial charge in [0.05, 0.1) is 29.4 Å². The smallest absolute Gasteiger partial charge is 0.138 e. The van der Waals surface area contributed by atoms with Gasteiger partial charge in [-0.05, 0) is 51.7 Å². The Labute approximate surface area is 203 Å². The van der Waals surface area contributed by atoms with Crippen LogP contribution >= 0.6 is 12.2 Å². The van der Waals surface area contributed by atoms with Crippen molar-refractivity contribution in [1.82, 2.24) is 19.4 Å². The summed E-state index contributed by atoms with van der Waals surface area (Å²) in [6.07, 6.45) is 7.80. The lowest BCUT2D eigenvalue weighted by Gasteiger charge is -2.34. The van der Waals surface area contributed by atoms with Crippen LogP contribution in [0.3, 0.4) is 0 Å². The Morgan fingerprint density at radius 3 is 2.59 bits per heavy atom. The maximum absolute atomic E-state index is 9.78. The highest BCUT2D eigenvalue weighted by Crippen LogP contribution is 2.38. The van der Waals surface area contributed by atoms with E-state index in [0.29, 0.717) is 27.3 Å². The van der Waals surface area contributed by atoms with E-state index in [9.17, 15) is 10.5 Å². The number of nitrogens with two attached hydrogens (primary N) is 1. The number of nitrogens with zero attached hydrogens (tertiary/aromatic N) is 5. The van der Waals surface area contributed by atoms with E-state index < -0.39 is 0 Å². The van der Waals surface area contributed by atoms with Crippen molar-refractivity contribution in [2.75, 3.05) is 0 Å². The Bertz CT molecular complexity index is 1540. The second kappa shape index (κ2) is 8.25. The van der Waals surface area contributed by atoms with Crippen molar-refractivity contribution in [3.63, 3.8) is 0 Å². The van der Waals surface area contributed by atoms with Crippen LogP contribution in [0.2, 0.25) is 0 Å². The lowest BCUT2D eigenvalue weighted by molar-refractivity contribution is 0.238. The molecule has 1 fully saturated rings. The third-order valence-corrected chi connectivity index (χ3v) is 7.29. The van der Waals surface area contributed by atoms with Gasteiger partial charge in [0, 0.05) is 39.7 Å². The molecule has 0 amide bonds. The molecular weight excluding hydrogens is 442 g/mol. The number of aromatic nitrogens is 4. The average Bonchev–Trinajstić information content (AvgIpc) is 3.37. The number of rotatable bonds is 3. The third-order valence-electron chi connectivity index (χ3n) is 7.00. The van der Waals surface area contributed by atoms with Gasteiger partial charge in [-0.15, -0.1) is 0 Å². The quantitative estimate of drug-likeness (QED) is 0.391. The van der Waals surface area contributed by atoms with E-state index in [0.717, 1.165) is 53.6 Å². The fourth-order valence-corrected chi connectivity index (χ4v) is 5.30. The van der Waals surface area contributed by atoms with Crippen LogP contribution < -0.4 is 5.73 Å². The second-order valence-corrected chi connectivity index (χ2v) is 9.83. The molecule has 0 atom stereocenters. The van der Waals surface area contributed by atoms with Gasteiger partial charge in [0.15, 0.2) is 0 Å². The topological polar surface area (TPSA) is 112 Å². The van der Waals surface area contributed by atoms with Gasteiger partial charge in [0.1, 0.15) is 16.3 Å². The summed E-state index contributed by atoms with van der Waals surface area (Å²) in [5, 5.41) is 27.4. The SMILES string of the molecule is Cc1c(-c2cc(-c3ccccc3C#N)c3c(C#N)c(=S)[nH]n3c2)cnn1C1CCC(C)(N)CC1. The molecule has 0 spiro atoms. The lowest BCUT2D eigenvalue weighted by atomic mass is 9.81. The van der Waals surface area contributed by atoms with E-state index >= 15 is 0 Å². The summed E-state index contributed by atoms with van der Waals surface area (Å²) >= 11 is 5.43. The summed E-state index contributed by atoms with van der Waals surface area (Å²) in [4.78, 5) is 0. The molecule has 170 valence electrons. The first-order valence-corrected chi connectivity index (χ1v) is 11.7. The predicted molar refractivity (Wildman–Crippen MR) is 134 cm³/mol. The summed E-state index contributed by atoms with van der Waals surface area (Å²) < 4.78 is 4.28. The van der Waals surface area contributed by atoms with Crippen LogP contribution in [0.4, 0.5) is 0 Å². The summed E-state index contributed by atoms with van der Waals surface area (Å²) in [5.41, 5.74) is 12.4. The number of hydrogen-bond acceptors (Lipinski definition) is 5. The minimum absolute atomic E-state index is 0.0981. The largest absolute Gasteiger partial charge is 0.325 e. The van der Waals surface area contributed by atoms with Crippen molar-refractivity contribution in [2.45, 2.75) is 51.1 Å². The molecule has 0 radical (unpaired) electrons. The van der Waals surface area contributed by atoms with E-state index in [1.807, 2.05) is 36.7 Å². The Kier molecular flexibility index (Phi) is 5.36. The fourth-order valence-electron chi connectivity index (χ4n) is 5.06. The molecular formula is C26H25N7S. The molecule has 5 rings (SSSR count). The molecule has 4 aromatic rings. The van der Waals surface area contributed by atoms with E-state index in [1.165, 1.54) is 0 Å². The minimum Gasteiger partial charge on any atom is -0.325 e. The van der Waals surface area contributed by atoms with Crippen LogP contribution in [0.25, 0.3) is 27.8 Å². The number of benzene rings is 1. The van der Waals surface area contributed by atoms with E-state index in [1.54, 1.807) is 10.6 Å². The number of nitriles is 2. The monoisotopic (exact) mass is 467 g/mol. The Balaban J connectivity index is 1.68. The number of fused-ring (bicyclic) bond motifs is 1. The molecule has 8 heteroatoms. The van der Waals surface area contributed by atoms with Crippen molar-refractivity contribution in [1.29, 1.82) is 10.5 Å². The number of nitrogens with one attached hydrogen (secondary N) is 1. The second-order valence-electron chi connectivity index (χ2n) is 9.42. The van der Waals surface area contributed by atoms with Gasteiger partial charge in [0.2, 0.25) is 0 Å². The molecule has 1 aliphatic carbocycles. The highest BCUT2D eigenvalue weighted by atomic mass is 32.1. The van der Waals surface area contributed by atoms with Gasteiger partial charge in [-0.3, -0.25) is 14.3 Å². The Morgan fingerprint density at radius 2 is 1.88 bits per heavy atom. The van der Waals surface area contributed by atoms with Crippen LogP contribution in [-0.4, -0.2) is 24.9 Å². The van der Waals surface area contributed by atoms with Crippen LogP contribution in [0.15, 0.2) is 42.7 Å². The van der Waals surface area contributed by atoms with E-state index in [2.05, 4.69) is 35.8 Å². The van der Waals surface area contributed by atoms with Crippen LogP contribution in [0, 0.1) is 34.2 Å². The molecule has 1 aromatic carbocycles. The standard InChI is InChI=1S/C26H25N7S/c1-16-23(14-30-33(16)19-7-9-26(2,29)10-8-19)18-11-21(20-6-4-3-5-17(20)12-27)24-22(13-28)25(34)31-32(24)15-18/h3-6,11,14-15,19H,7-10,29H2,1-2H3,(H,31,34). The minimum atomic E-state index is -0.0981. The maximum Gasteiger partial charge on any atom is 0.138 e. The Hall–Kier alpha value is -3.72. The van der Waals surface area contributed by atoms with Crippen molar-refractivity contribution < 1.29 is 0 Å². The maximum atomic E-state index is 9.78. The average molecular weight is 468 g/mol. The molecule has 1 saturated carbocycles. The zero-order valence-electron chi connectivity index (χ0n) is 19.2. The molecule has 0 saturated heterocycles. The molecule has 0 bridgehead atoms. The third kappa shape index (κ3) is 3.62. The summed E-state index contributed by atoms with van der Waals surface area (Å²) in [7, 11) is 0.